The average molecular weight is 326 g/mol. The zero-order chi connectivity index (χ0) is 16.9. The first kappa shape index (κ1) is 16.2. The number of rotatable bonds is 5. The quantitative estimate of drug-likeness (QED) is 0.917. The number of hydrogen-bond acceptors (Lipinski definition) is 4. The third kappa shape index (κ3) is 3.62. The van der Waals surface area contributed by atoms with Crippen LogP contribution in [0.25, 0.3) is 0 Å². The van der Waals surface area contributed by atoms with Crippen molar-refractivity contribution in [2.24, 2.45) is 0 Å². The van der Waals surface area contributed by atoms with Crippen LogP contribution in [0.2, 0.25) is 0 Å². The molecule has 1 amide bonds. The summed E-state index contributed by atoms with van der Waals surface area (Å²) in [4.78, 5) is 14.4. The second-order valence-electron chi connectivity index (χ2n) is 5.86. The number of carbonyl (C=O) groups is 1. The maximum absolute atomic E-state index is 12.1. The molecule has 1 aliphatic rings. The van der Waals surface area contributed by atoms with Crippen molar-refractivity contribution in [3.8, 4) is 11.5 Å². The summed E-state index contributed by atoms with van der Waals surface area (Å²) in [6.07, 6.45) is 2.26. The molecule has 2 aromatic rings. The van der Waals surface area contributed by atoms with E-state index in [2.05, 4.69) is 23.3 Å². The van der Waals surface area contributed by atoms with Crippen LogP contribution in [0.1, 0.15) is 12.0 Å². The van der Waals surface area contributed by atoms with Crippen molar-refractivity contribution in [2.75, 3.05) is 37.5 Å². The van der Waals surface area contributed by atoms with Crippen LogP contribution in [0, 0.1) is 0 Å². The number of anilines is 2. The molecule has 2 aromatic carbocycles. The summed E-state index contributed by atoms with van der Waals surface area (Å²) in [6, 6.07) is 13.3. The van der Waals surface area contributed by atoms with Crippen LogP contribution in [-0.4, -0.2) is 33.2 Å². The van der Waals surface area contributed by atoms with Crippen molar-refractivity contribution < 1.29 is 14.3 Å². The molecule has 0 radical (unpaired) electrons. The molecule has 1 N–H and O–H groups in total. The van der Waals surface area contributed by atoms with Crippen molar-refractivity contribution in [3.63, 3.8) is 0 Å². The van der Waals surface area contributed by atoms with Crippen molar-refractivity contribution in [2.45, 2.75) is 12.8 Å². The predicted octanol–water partition coefficient (Wildman–Crippen LogP) is 3.10. The van der Waals surface area contributed by atoms with Gasteiger partial charge in [-0.3, -0.25) is 4.79 Å². The maximum Gasteiger partial charge on any atom is 0.262 e. The zero-order valence-electron chi connectivity index (χ0n) is 14.0. The number of amides is 1. The highest BCUT2D eigenvalue weighted by molar-refractivity contribution is 5.92. The topological polar surface area (TPSA) is 50.8 Å². The number of hydrogen-bond donors (Lipinski definition) is 1. The van der Waals surface area contributed by atoms with E-state index >= 15 is 0 Å². The lowest BCUT2D eigenvalue weighted by Crippen LogP contribution is -2.25. The summed E-state index contributed by atoms with van der Waals surface area (Å²) in [6.45, 7) is 0.981. The van der Waals surface area contributed by atoms with Gasteiger partial charge in [0.05, 0.1) is 7.11 Å². The zero-order valence-corrected chi connectivity index (χ0v) is 14.0. The minimum Gasteiger partial charge on any atom is -0.493 e. The Morgan fingerprint density at radius 3 is 2.79 bits per heavy atom. The second kappa shape index (κ2) is 7.25. The van der Waals surface area contributed by atoms with Gasteiger partial charge in [-0.25, -0.2) is 0 Å². The molecule has 0 unspecified atom stereocenters. The molecule has 0 spiro atoms. The Labute approximate surface area is 142 Å². The largest absolute Gasteiger partial charge is 0.493 e. The van der Waals surface area contributed by atoms with Crippen LogP contribution < -0.4 is 19.7 Å². The lowest BCUT2D eigenvalue weighted by atomic mass is 10.0. The van der Waals surface area contributed by atoms with Crippen LogP contribution in [-0.2, 0) is 11.2 Å². The van der Waals surface area contributed by atoms with Crippen molar-refractivity contribution >= 4 is 17.3 Å². The highest BCUT2D eigenvalue weighted by Gasteiger charge is 2.15. The van der Waals surface area contributed by atoms with Gasteiger partial charge < -0.3 is 19.7 Å². The van der Waals surface area contributed by atoms with E-state index in [9.17, 15) is 4.79 Å². The first-order valence-corrected chi connectivity index (χ1v) is 8.07. The van der Waals surface area contributed by atoms with Gasteiger partial charge in [-0.2, -0.15) is 0 Å². The van der Waals surface area contributed by atoms with Gasteiger partial charge >= 0.3 is 0 Å². The molecule has 0 saturated carbocycles. The van der Waals surface area contributed by atoms with Gasteiger partial charge in [-0.15, -0.1) is 0 Å². The van der Waals surface area contributed by atoms with Gasteiger partial charge in [0.25, 0.3) is 5.91 Å². The lowest BCUT2D eigenvalue weighted by molar-refractivity contribution is -0.118. The second-order valence-corrected chi connectivity index (χ2v) is 5.86. The molecule has 3 rings (SSSR count). The summed E-state index contributed by atoms with van der Waals surface area (Å²) in [5, 5.41) is 2.89. The summed E-state index contributed by atoms with van der Waals surface area (Å²) >= 11 is 0. The highest BCUT2D eigenvalue weighted by atomic mass is 16.5. The van der Waals surface area contributed by atoms with Gasteiger partial charge in [-0.1, -0.05) is 18.2 Å². The van der Waals surface area contributed by atoms with Gasteiger partial charge in [0.15, 0.2) is 18.1 Å². The van der Waals surface area contributed by atoms with E-state index in [1.54, 1.807) is 19.2 Å². The van der Waals surface area contributed by atoms with Crippen LogP contribution in [0.15, 0.2) is 42.5 Å². The Morgan fingerprint density at radius 2 is 2.00 bits per heavy atom. The molecule has 1 aliphatic heterocycles. The van der Waals surface area contributed by atoms with E-state index in [-0.39, 0.29) is 12.5 Å². The van der Waals surface area contributed by atoms with E-state index in [1.807, 2.05) is 24.3 Å². The van der Waals surface area contributed by atoms with Crippen LogP contribution in [0.5, 0.6) is 11.5 Å². The van der Waals surface area contributed by atoms with Gasteiger partial charge in [0.2, 0.25) is 0 Å². The van der Waals surface area contributed by atoms with Crippen molar-refractivity contribution in [3.05, 3.63) is 48.0 Å². The summed E-state index contributed by atoms with van der Waals surface area (Å²) in [5.74, 6) is 0.973. The molecular weight excluding hydrogens is 304 g/mol. The summed E-state index contributed by atoms with van der Waals surface area (Å²) in [7, 11) is 3.65. The molecular formula is C19H22N2O3. The molecule has 5 nitrogen and oxygen atoms in total. The monoisotopic (exact) mass is 326 g/mol. The number of aryl methyl sites for hydroxylation is 1. The van der Waals surface area contributed by atoms with E-state index in [0.717, 1.165) is 18.7 Å². The fraction of sp³-hybridized carbons (Fsp3) is 0.316. The van der Waals surface area contributed by atoms with E-state index < -0.39 is 0 Å². The van der Waals surface area contributed by atoms with E-state index in [4.69, 9.17) is 9.47 Å². The standard InChI is InChI=1S/C19H22N2O3/c1-21-11-5-6-14-9-10-15(12-16(14)21)20-19(22)13-24-18-8-4-3-7-17(18)23-2/h3-4,7-10,12H,5-6,11,13H2,1-2H3,(H,20,22). The Bertz CT molecular complexity index is 730. The SMILES string of the molecule is COc1ccccc1OCC(=O)Nc1ccc2c(c1)N(C)CCC2. The first-order valence-electron chi connectivity index (χ1n) is 8.07. The van der Waals surface area contributed by atoms with Gasteiger partial charge in [-0.05, 0) is 42.7 Å². The Morgan fingerprint density at radius 1 is 1.21 bits per heavy atom. The molecule has 0 bridgehead atoms. The van der Waals surface area contributed by atoms with Crippen LogP contribution >= 0.6 is 0 Å². The maximum atomic E-state index is 12.1. The van der Waals surface area contributed by atoms with Gasteiger partial charge in [0.1, 0.15) is 0 Å². The Hall–Kier alpha value is -2.69. The fourth-order valence-corrected chi connectivity index (χ4v) is 2.91. The van der Waals surface area contributed by atoms with Crippen molar-refractivity contribution in [1.29, 1.82) is 0 Å². The average Bonchev–Trinajstić information content (AvgIpc) is 2.61. The van der Waals surface area contributed by atoms with Crippen LogP contribution in [0.3, 0.4) is 0 Å². The molecule has 5 heteroatoms. The van der Waals surface area contributed by atoms with E-state index in [0.29, 0.717) is 11.5 Å². The molecule has 0 saturated heterocycles. The number of fused-ring (bicyclic) bond motifs is 1. The molecule has 1 heterocycles. The first-order chi connectivity index (χ1) is 11.7. The molecule has 0 atom stereocenters. The number of nitrogens with one attached hydrogen (secondary N) is 1. The highest BCUT2D eigenvalue weighted by Crippen LogP contribution is 2.29. The molecule has 0 aliphatic carbocycles. The van der Waals surface area contributed by atoms with E-state index in [1.165, 1.54) is 17.7 Å². The predicted molar refractivity (Wildman–Crippen MR) is 95.2 cm³/mol. The Kier molecular flexibility index (Phi) is 4.89. The van der Waals surface area contributed by atoms with Crippen LogP contribution in [0.4, 0.5) is 11.4 Å². The fourth-order valence-electron chi connectivity index (χ4n) is 2.91. The number of para-hydroxylation sites is 2. The molecule has 24 heavy (non-hydrogen) atoms. The Balaban J connectivity index is 1.62. The summed E-state index contributed by atoms with van der Waals surface area (Å²) in [5.41, 5.74) is 3.30. The number of ether oxygens (including phenoxy) is 2. The molecule has 0 fully saturated rings. The normalized spacial score (nSPS) is 13.2. The third-order valence-corrected chi connectivity index (χ3v) is 4.15. The smallest absolute Gasteiger partial charge is 0.262 e. The minimum atomic E-state index is -0.195. The summed E-state index contributed by atoms with van der Waals surface area (Å²) < 4.78 is 10.8. The number of carbonyl (C=O) groups excluding carboxylic acids is 1. The van der Waals surface area contributed by atoms with Gasteiger partial charge in [0, 0.05) is 25.0 Å². The molecule has 126 valence electrons. The minimum absolute atomic E-state index is 0.0622. The molecule has 0 aromatic heterocycles. The lowest BCUT2D eigenvalue weighted by Gasteiger charge is -2.28. The number of methoxy groups -OCH3 is 1. The van der Waals surface area contributed by atoms with Crippen molar-refractivity contribution in [1.82, 2.24) is 0 Å². The third-order valence-electron chi connectivity index (χ3n) is 4.15. The number of benzene rings is 2. The number of nitrogens with zero attached hydrogens (tertiary/aromatic N) is 1.